The fourth-order valence-electron chi connectivity index (χ4n) is 2.14. The molecule has 7 nitrogen and oxygen atoms in total. The Labute approximate surface area is 113 Å². The van der Waals surface area contributed by atoms with Crippen molar-refractivity contribution in [3.8, 4) is 0 Å². The van der Waals surface area contributed by atoms with Gasteiger partial charge in [-0.1, -0.05) is 0 Å². The van der Waals surface area contributed by atoms with Crippen LogP contribution >= 0.6 is 0 Å². The Hall–Kier alpha value is -1.44. The molecule has 1 aliphatic rings. The molecule has 1 fully saturated rings. The van der Waals surface area contributed by atoms with Crippen LogP contribution in [0.4, 0.5) is 11.6 Å². The molecule has 0 bridgehead atoms. The van der Waals surface area contributed by atoms with Gasteiger partial charge in [-0.15, -0.1) is 0 Å². The van der Waals surface area contributed by atoms with Crippen molar-refractivity contribution in [3.63, 3.8) is 0 Å². The number of nitrogens with one attached hydrogen (secondary N) is 2. The Morgan fingerprint density at radius 1 is 1.37 bits per heavy atom. The number of aryl methyl sites for hydroxylation is 1. The smallest absolute Gasteiger partial charge is 0.148 e. The topological polar surface area (TPSA) is 88.3 Å². The number of nitrogens with zero attached hydrogens (tertiary/aromatic N) is 3. The Balaban J connectivity index is 2.01. The van der Waals surface area contributed by atoms with Gasteiger partial charge in [-0.2, -0.15) is 0 Å². The van der Waals surface area contributed by atoms with Gasteiger partial charge in [0.05, 0.1) is 12.7 Å². The van der Waals surface area contributed by atoms with Crippen LogP contribution < -0.4 is 16.6 Å². The highest BCUT2D eigenvalue weighted by molar-refractivity contribution is 5.56. The molecule has 0 aromatic carbocycles. The van der Waals surface area contributed by atoms with Crippen LogP contribution in [-0.2, 0) is 4.74 Å². The maximum Gasteiger partial charge on any atom is 0.148 e. The highest BCUT2D eigenvalue weighted by Crippen LogP contribution is 2.19. The summed E-state index contributed by atoms with van der Waals surface area (Å²) in [7, 11) is 2.10. The van der Waals surface area contributed by atoms with Gasteiger partial charge in [0.2, 0.25) is 0 Å². The quantitative estimate of drug-likeness (QED) is 0.527. The van der Waals surface area contributed by atoms with Crippen molar-refractivity contribution in [2.75, 3.05) is 44.0 Å². The van der Waals surface area contributed by atoms with Gasteiger partial charge in [-0.3, -0.25) is 0 Å². The van der Waals surface area contributed by atoms with E-state index < -0.39 is 0 Å². The molecular formula is C12H22N6O. The zero-order chi connectivity index (χ0) is 13.8. The monoisotopic (exact) mass is 266 g/mol. The molecule has 106 valence electrons. The minimum Gasteiger partial charge on any atom is -0.374 e. The molecule has 1 unspecified atom stereocenters. The van der Waals surface area contributed by atoms with E-state index in [1.165, 1.54) is 0 Å². The molecule has 0 radical (unpaired) electrons. The summed E-state index contributed by atoms with van der Waals surface area (Å²) in [5.41, 5.74) is 3.51. The molecule has 0 aliphatic carbocycles. The molecule has 0 saturated carbocycles. The van der Waals surface area contributed by atoms with E-state index in [4.69, 9.17) is 10.6 Å². The van der Waals surface area contributed by atoms with E-state index in [0.717, 1.165) is 37.6 Å². The molecule has 2 rings (SSSR count). The van der Waals surface area contributed by atoms with Crippen molar-refractivity contribution < 1.29 is 4.74 Å². The number of hydrazine groups is 1. The normalized spacial score (nSPS) is 20.3. The summed E-state index contributed by atoms with van der Waals surface area (Å²) in [4.78, 5) is 10.9. The van der Waals surface area contributed by atoms with E-state index in [2.05, 4.69) is 32.7 Å². The molecule has 0 spiro atoms. The zero-order valence-corrected chi connectivity index (χ0v) is 11.7. The van der Waals surface area contributed by atoms with Crippen LogP contribution in [-0.4, -0.2) is 54.3 Å². The van der Waals surface area contributed by atoms with Gasteiger partial charge in [0.1, 0.15) is 17.5 Å². The van der Waals surface area contributed by atoms with Gasteiger partial charge in [-0.05, 0) is 20.9 Å². The van der Waals surface area contributed by atoms with Crippen molar-refractivity contribution in [2.45, 2.75) is 20.0 Å². The summed E-state index contributed by atoms with van der Waals surface area (Å²) >= 11 is 0. The lowest BCUT2D eigenvalue weighted by molar-refractivity contribution is -0.0117. The number of hydrogen-bond acceptors (Lipinski definition) is 7. The largest absolute Gasteiger partial charge is 0.374 e. The van der Waals surface area contributed by atoms with E-state index in [0.29, 0.717) is 11.6 Å². The molecule has 0 amide bonds. The fraction of sp³-hybridized carbons (Fsp3) is 0.667. The van der Waals surface area contributed by atoms with E-state index in [9.17, 15) is 0 Å². The summed E-state index contributed by atoms with van der Waals surface area (Å²) in [5.74, 6) is 7.58. The Bertz CT molecular complexity index is 438. The molecule has 1 aromatic rings. The maximum absolute atomic E-state index is 5.71. The van der Waals surface area contributed by atoms with E-state index in [1.54, 1.807) is 0 Å². The molecule has 1 aliphatic heterocycles. The summed E-state index contributed by atoms with van der Waals surface area (Å²) in [6.45, 7) is 7.20. The first-order valence-corrected chi connectivity index (χ1v) is 6.46. The third-order valence-electron chi connectivity index (χ3n) is 3.23. The van der Waals surface area contributed by atoms with Crippen LogP contribution in [0.15, 0.2) is 0 Å². The van der Waals surface area contributed by atoms with Gasteiger partial charge in [0.25, 0.3) is 0 Å². The summed E-state index contributed by atoms with van der Waals surface area (Å²) in [5, 5.41) is 3.32. The first-order chi connectivity index (χ1) is 9.10. The Morgan fingerprint density at radius 3 is 2.79 bits per heavy atom. The minimum absolute atomic E-state index is 0.183. The zero-order valence-electron chi connectivity index (χ0n) is 11.7. The number of aromatic nitrogens is 2. The van der Waals surface area contributed by atoms with E-state index in [-0.39, 0.29) is 6.10 Å². The van der Waals surface area contributed by atoms with Crippen molar-refractivity contribution >= 4 is 11.6 Å². The molecule has 19 heavy (non-hydrogen) atoms. The number of rotatable bonds is 4. The average Bonchev–Trinajstić information content (AvgIpc) is 2.39. The third-order valence-corrected chi connectivity index (χ3v) is 3.23. The average molecular weight is 266 g/mol. The molecule has 1 saturated heterocycles. The number of likely N-dealkylation sites (N-methyl/N-ethyl adjacent to an activating group) is 1. The maximum atomic E-state index is 5.71. The van der Waals surface area contributed by atoms with Crippen LogP contribution in [0, 0.1) is 13.8 Å². The van der Waals surface area contributed by atoms with Gasteiger partial charge >= 0.3 is 0 Å². The molecular weight excluding hydrogens is 244 g/mol. The third kappa shape index (κ3) is 3.52. The predicted molar refractivity (Wildman–Crippen MR) is 75.0 cm³/mol. The number of nitrogen functional groups attached to an aromatic ring is 1. The van der Waals surface area contributed by atoms with Crippen LogP contribution in [0.5, 0.6) is 0 Å². The molecule has 4 N–H and O–H groups in total. The van der Waals surface area contributed by atoms with Crippen LogP contribution in [0.1, 0.15) is 11.4 Å². The highest BCUT2D eigenvalue weighted by Gasteiger charge is 2.18. The summed E-state index contributed by atoms with van der Waals surface area (Å²) in [6.07, 6.45) is 0.183. The lowest BCUT2D eigenvalue weighted by atomic mass is 10.2. The molecule has 1 atom stereocenters. The molecule has 7 heteroatoms. The number of ether oxygens (including phenoxy) is 1. The van der Waals surface area contributed by atoms with E-state index in [1.807, 2.05) is 13.8 Å². The first-order valence-electron chi connectivity index (χ1n) is 6.46. The number of anilines is 2. The highest BCUT2D eigenvalue weighted by atomic mass is 16.5. The number of nitrogens with two attached hydrogens (primary N) is 1. The SMILES string of the molecule is Cc1nc(NN)c(C)c(NCC2CN(C)CCO2)n1. The second kappa shape index (κ2) is 6.14. The van der Waals surface area contributed by atoms with Crippen molar-refractivity contribution in [3.05, 3.63) is 11.4 Å². The lowest BCUT2D eigenvalue weighted by Crippen LogP contribution is -2.43. The van der Waals surface area contributed by atoms with Crippen LogP contribution in [0.25, 0.3) is 0 Å². The molecule has 2 heterocycles. The van der Waals surface area contributed by atoms with Gasteiger partial charge in [-0.25, -0.2) is 15.8 Å². The van der Waals surface area contributed by atoms with Crippen molar-refractivity contribution in [1.29, 1.82) is 0 Å². The number of morpholine rings is 1. The van der Waals surface area contributed by atoms with Crippen LogP contribution in [0.3, 0.4) is 0 Å². The predicted octanol–water partition coefficient (Wildman–Crippen LogP) is 0.122. The van der Waals surface area contributed by atoms with Gasteiger partial charge < -0.3 is 20.4 Å². The lowest BCUT2D eigenvalue weighted by Gasteiger charge is -2.30. The van der Waals surface area contributed by atoms with E-state index >= 15 is 0 Å². The van der Waals surface area contributed by atoms with Gasteiger partial charge in [0.15, 0.2) is 0 Å². The first kappa shape index (κ1) is 14.0. The summed E-state index contributed by atoms with van der Waals surface area (Å²) < 4.78 is 5.71. The second-order valence-electron chi connectivity index (χ2n) is 4.87. The standard InChI is InChI=1S/C12H22N6O/c1-8-11(15-9(2)16-12(8)17-13)14-6-10-7-18(3)4-5-19-10/h10H,4-7,13H2,1-3H3,(H2,14,15,16,17). The second-order valence-corrected chi connectivity index (χ2v) is 4.87. The molecule has 1 aromatic heterocycles. The number of hydrogen-bond donors (Lipinski definition) is 3. The van der Waals surface area contributed by atoms with Gasteiger partial charge in [0, 0.05) is 25.2 Å². The summed E-state index contributed by atoms with van der Waals surface area (Å²) in [6, 6.07) is 0. The fourth-order valence-corrected chi connectivity index (χ4v) is 2.14. The van der Waals surface area contributed by atoms with Crippen molar-refractivity contribution in [2.24, 2.45) is 5.84 Å². The van der Waals surface area contributed by atoms with Crippen LogP contribution in [0.2, 0.25) is 0 Å². The minimum atomic E-state index is 0.183. The Kier molecular flexibility index (Phi) is 4.52. The Morgan fingerprint density at radius 2 is 2.11 bits per heavy atom. The van der Waals surface area contributed by atoms with Crippen molar-refractivity contribution in [1.82, 2.24) is 14.9 Å².